The maximum Gasteiger partial charge on any atom is 0.270 e. The van der Waals surface area contributed by atoms with Crippen LogP contribution in [0.2, 0.25) is 0 Å². The summed E-state index contributed by atoms with van der Waals surface area (Å²) in [5.74, 6) is 1.71. The van der Waals surface area contributed by atoms with Crippen LogP contribution in [0.5, 0.6) is 11.5 Å². The minimum Gasteiger partial charge on any atom is -0.497 e. The molecule has 3 unspecified atom stereocenters. The zero-order valence-electron chi connectivity index (χ0n) is 18.6. The number of aromatic nitrogens is 1. The van der Waals surface area contributed by atoms with E-state index in [1.165, 1.54) is 12.1 Å². The highest BCUT2D eigenvalue weighted by Gasteiger charge is 2.36. The van der Waals surface area contributed by atoms with Crippen LogP contribution in [0.3, 0.4) is 0 Å². The molecule has 7 nitrogen and oxygen atoms in total. The Morgan fingerprint density at radius 1 is 1.12 bits per heavy atom. The van der Waals surface area contributed by atoms with Crippen LogP contribution in [-0.4, -0.2) is 54.7 Å². The van der Waals surface area contributed by atoms with Crippen LogP contribution in [0.4, 0.5) is 4.39 Å². The standard InChI is InChI=1S/C25H29FN4O3/c1-32-20-4-6-21(7-5-20)33-11-9-19-14-23(29-28-19)17-8-10-30(15-17)25(31)24-12-16-2-3-18(26)13-22(16)27-24/h2-7,12-13,17,19,23,27-29H,8-11,14-15H2,1H3. The number of carbonyl (C=O) groups excluding carboxylic acids is 1. The van der Waals surface area contributed by atoms with Gasteiger partial charge >= 0.3 is 0 Å². The Balaban J connectivity index is 1.10. The third-order valence-corrected chi connectivity index (χ3v) is 6.70. The maximum atomic E-state index is 13.5. The van der Waals surface area contributed by atoms with Crippen molar-refractivity contribution in [3.05, 3.63) is 60.0 Å². The fraction of sp³-hybridized carbons (Fsp3) is 0.400. The van der Waals surface area contributed by atoms with Crippen LogP contribution >= 0.6 is 0 Å². The molecule has 2 aliphatic rings. The molecule has 3 aromatic rings. The number of nitrogens with one attached hydrogen (secondary N) is 3. The number of halogens is 1. The normalized spacial score (nSPS) is 22.7. The average Bonchev–Trinajstić information content (AvgIpc) is 3.58. The molecule has 1 aromatic heterocycles. The second-order valence-corrected chi connectivity index (χ2v) is 8.85. The third-order valence-electron chi connectivity index (χ3n) is 6.70. The van der Waals surface area contributed by atoms with E-state index in [2.05, 4.69) is 15.8 Å². The van der Waals surface area contributed by atoms with Gasteiger partial charge in [0, 0.05) is 36.1 Å². The van der Waals surface area contributed by atoms with Gasteiger partial charge in [0.15, 0.2) is 0 Å². The van der Waals surface area contributed by atoms with E-state index in [0.29, 0.717) is 35.8 Å². The Bertz CT molecular complexity index is 1120. The molecule has 2 saturated heterocycles. The molecule has 0 saturated carbocycles. The number of methoxy groups -OCH3 is 1. The zero-order chi connectivity index (χ0) is 22.8. The molecule has 3 N–H and O–H groups in total. The van der Waals surface area contributed by atoms with Crippen molar-refractivity contribution < 1.29 is 18.7 Å². The Morgan fingerprint density at radius 2 is 1.94 bits per heavy atom. The largest absolute Gasteiger partial charge is 0.497 e. The second-order valence-electron chi connectivity index (χ2n) is 8.85. The second kappa shape index (κ2) is 9.41. The molecular weight excluding hydrogens is 423 g/mol. The van der Waals surface area contributed by atoms with Gasteiger partial charge < -0.3 is 19.4 Å². The maximum absolute atomic E-state index is 13.5. The Morgan fingerprint density at radius 3 is 2.76 bits per heavy atom. The van der Waals surface area contributed by atoms with E-state index < -0.39 is 0 Å². The number of benzene rings is 2. The van der Waals surface area contributed by atoms with E-state index >= 15 is 0 Å². The first-order valence-electron chi connectivity index (χ1n) is 11.4. The lowest BCUT2D eigenvalue weighted by Gasteiger charge is -2.19. The van der Waals surface area contributed by atoms with Gasteiger partial charge in [-0.05, 0) is 73.7 Å². The van der Waals surface area contributed by atoms with Crippen LogP contribution in [-0.2, 0) is 0 Å². The van der Waals surface area contributed by atoms with Crippen LogP contribution in [0.1, 0.15) is 29.8 Å². The summed E-state index contributed by atoms with van der Waals surface area (Å²) in [6, 6.07) is 14.6. The molecule has 0 radical (unpaired) electrons. The quantitative estimate of drug-likeness (QED) is 0.512. The number of carbonyl (C=O) groups is 1. The molecule has 2 aromatic carbocycles. The first-order chi connectivity index (χ1) is 16.1. The predicted molar refractivity (Wildman–Crippen MR) is 124 cm³/mol. The van der Waals surface area contributed by atoms with Crippen LogP contribution in [0.15, 0.2) is 48.5 Å². The summed E-state index contributed by atoms with van der Waals surface area (Å²) in [4.78, 5) is 17.9. The number of hydrazine groups is 1. The van der Waals surface area contributed by atoms with E-state index in [0.717, 1.165) is 49.2 Å². The number of aromatic amines is 1. The number of hydrogen-bond donors (Lipinski definition) is 3. The summed E-state index contributed by atoms with van der Waals surface area (Å²) < 4.78 is 24.5. The van der Waals surface area contributed by atoms with E-state index in [1.807, 2.05) is 29.2 Å². The summed E-state index contributed by atoms with van der Waals surface area (Å²) in [5, 5.41) is 0.844. The molecule has 3 atom stereocenters. The highest BCUT2D eigenvalue weighted by atomic mass is 19.1. The van der Waals surface area contributed by atoms with Gasteiger partial charge in [-0.2, -0.15) is 0 Å². The number of rotatable bonds is 7. The van der Waals surface area contributed by atoms with Crippen molar-refractivity contribution in [3.63, 3.8) is 0 Å². The van der Waals surface area contributed by atoms with E-state index in [1.54, 1.807) is 19.2 Å². The van der Waals surface area contributed by atoms with Crippen molar-refractivity contribution in [2.75, 3.05) is 26.8 Å². The molecule has 2 fully saturated rings. The Hall–Kier alpha value is -3.10. The van der Waals surface area contributed by atoms with Gasteiger partial charge in [-0.25, -0.2) is 4.39 Å². The van der Waals surface area contributed by atoms with E-state index in [9.17, 15) is 9.18 Å². The fourth-order valence-corrected chi connectivity index (χ4v) is 4.83. The molecule has 2 aliphatic heterocycles. The molecule has 33 heavy (non-hydrogen) atoms. The minimum atomic E-state index is -0.312. The molecule has 0 bridgehead atoms. The van der Waals surface area contributed by atoms with Gasteiger partial charge in [0.05, 0.1) is 13.7 Å². The molecule has 1 amide bonds. The number of H-pyrrole nitrogens is 1. The van der Waals surface area contributed by atoms with Crippen LogP contribution < -0.4 is 20.3 Å². The molecule has 0 spiro atoms. The number of fused-ring (bicyclic) bond motifs is 1. The first-order valence-corrected chi connectivity index (χ1v) is 11.4. The summed E-state index contributed by atoms with van der Waals surface area (Å²) >= 11 is 0. The summed E-state index contributed by atoms with van der Waals surface area (Å²) in [5.41, 5.74) is 7.99. The predicted octanol–water partition coefficient (Wildman–Crippen LogP) is 3.48. The minimum absolute atomic E-state index is 0.0236. The van der Waals surface area contributed by atoms with Crippen LogP contribution in [0.25, 0.3) is 10.9 Å². The lowest BCUT2D eigenvalue weighted by molar-refractivity contribution is 0.0780. The van der Waals surface area contributed by atoms with Crippen molar-refractivity contribution in [2.24, 2.45) is 5.92 Å². The van der Waals surface area contributed by atoms with Gasteiger partial charge in [-0.3, -0.25) is 15.6 Å². The summed E-state index contributed by atoms with van der Waals surface area (Å²) in [6.45, 7) is 2.09. The zero-order valence-corrected chi connectivity index (χ0v) is 18.6. The molecule has 5 rings (SSSR count). The van der Waals surface area contributed by atoms with Gasteiger partial charge in [-0.15, -0.1) is 0 Å². The van der Waals surface area contributed by atoms with Gasteiger partial charge in [0.1, 0.15) is 23.0 Å². The van der Waals surface area contributed by atoms with E-state index in [-0.39, 0.29) is 11.7 Å². The lowest BCUT2D eigenvalue weighted by atomic mass is 9.94. The van der Waals surface area contributed by atoms with Gasteiger partial charge in [0.25, 0.3) is 5.91 Å². The van der Waals surface area contributed by atoms with Gasteiger partial charge in [-0.1, -0.05) is 0 Å². The number of amides is 1. The monoisotopic (exact) mass is 452 g/mol. The average molecular weight is 453 g/mol. The van der Waals surface area contributed by atoms with Crippen molar-refractivity contribution in [3.8, 4) is 11.5 Å². The first kappa shape index (κ1) is 21.7. The molecule has 174 valence electrons. The van der Waals surface area contributed by atoms with Crippen molar-refractivity contribution >= 4 is 16.8 Å². The van der Waals surface area contributed by atoms with E-state index in [4.69, 9.17) is 9.47 Å². The topological polar surface area (TPSA) is 78.6 Å². The van der Waals surface area contributed by atoms with Crippen molar-refractivity contribution in [2.45, 2.75) is 31.3 Å². The highest BCUT2D eigenvalue weighted by Crippen LogP contribution is 2.27. The Labute approximate surface area is 192 Å². The fourth-order valence-electron chi connectivity index (χ4n) is 4.83. The van der Waals surface area contributed by atoms with Crippen molar-refractivity contribution in [1.82, 2.24) is 20.7 Å². The smallest absolute Gasteiger partial charge is 0.270 e. The van der Waals surface area contributed by atoms with Gasteiger partial charge in [0.2, 0.25) is 0 Å². The van der Waals surface area contributed by atoms with Crippen molar-refractivity contribution in [1.29, 1.82) is 0 Å². The number of ether oxygens (including phenoxy) is 2. The number of nitrogens with zero attached hydrogens (tertiary/aromatic N) is 1. The van der Waals surface area contributed by atoms with Crippen LogP contribution in [0, 0.1) is 11.7 Å². The lowest BCUT2D eigenvalue weighted by Crippen LogP contribution is -2.39. The third kappa shape index (κ3) is 4.82. The molecule has 0 aliphatic carbocycles. The number of hydrogen-bond acceptors (Lipinski definition) is 5. The molecule has 3 heterocycles. The molecule has 8 heteroatoms. The summed E-state index contributed by atoms with van der Waals surface area (Å²) in [6.07, 6.45) is 2.87. The Kier molecular flexibility index (Phi) is 6.20. The summed E-state index contributed by atoms with van der Waals surface area (Å²) in [7, 11) is 1.65. The SMILES string of the molecule is COc1ccc(OCCC2CC(C3CCN(C(=O)c4cc5ccc(F)cc5[nH]4)C3)NN2)cc1. The highest BCUT2D eigenvalue weighted by molar-refractivity contribution is 5.98. The molecular formula is C25H29FN4O3. The number of likely N-dealkylation sites (tertiary alicyclic amines) is 1.